The Bertz CT molecular complexity index is 308. The van der Waals surface area contributed by atoms with E-state index in [1.54, 1.807) is 14.0 Å². The van der Waals surface area contributed by atoms with E-state index in [1.165, 1.54) is 0 Å². The molecule has 0 aliphatic rings. The molecule has 0 unspecified atom stereocenters. The van der Waals surface area contributed by atoms with Gasteiger partial charge in [-0.2, -0.15) is 0 Å². The number of aryl methyl sites for hydroxylation is 1. The van der Waals surface area contributed by atoms with Crippen molar-refractivity contribution in [2.75, 3.05) is 13.6 Å². The summed E-state index contributed by atoms with van der Waals surface area (Å²) in [5, 5.41) is 17.0. The van der Waals surface area contributed by atoms with Crippen LogP contribution in [0.4, 0.5) is 5.69 Å². The van der Waals surface area contributed by atoms with Gasteiger partial charge in [0.1, 0.15) is 0 Å². The number of hydrogen-bond acceptors (Lipinski definition) is 5. The topological polar surface area (TPSA) is 81.2 Å². The second-order valence-corrected chi connectivity index (χ2v) is 2.65. The van der Waals surface area contributed by atoms with E-state index in [-0.39, 0.29) is 5.69 Å². The Hall–Kier alpha value is -1.43. The Balaban J connectivity index is 2.87. The molecule has 13 heavy (non-hydrogen) atoms. The van der Waals surface area contributed by atoms with Gasteiger partial charge in [-0.05, 0) is 14.0 Å². The molecule has 0 aliphatic carbocycles. The molecule has 0 saturated heterocycles. The van der Waals surface area contributed by atoms with E-state index in [4.69, 9.17) is 4.52 Å². The summed E-state index contributed by atoms with van der Waals surface area (Å²) >= 11 is 0. The first-order valence-electron chi connectivity index (χ1n) is 3.91. The lowest BCUT2D eigenvalue weighted by Gasteiger charge is -1.93. The summed E-state index contributed by atoms with van der Waals surface area (Å²) < 4.78 is 4.83. The first-order chi connectivity index (χ1) is 6.16. The summed E-state index contributed by atoms with van der Waals surface area (Å²) in [6, 6.07) is 0. The number of nitrogens with zero attached hydrogens (tertiary/aromatic N) is 2. The summed E-state index contributed by atoms with van der Waals surface area (Å²) in [5.74, 6) is 0.330. The predicted octanol–water partition coefficient (Wildman–Crippen LogP) is 0.653. The Morgan fingerprint density at radius 2 is 2.38 bits per heavy atom. The zero-order chi connectivity index (χ0) is 9.84. The predicted molar refractivity (Wildman–Crippen MR) is 45.5 cm³/mol. The van der Waals surface area contributed by atoms with Crippen LogP contribution >= 0.6 is 0 Å². The summed E-state index contributed by atoms with van der Waals surface area (Å²) in [6.07, 6.45) is 0.480. The van der Waals surface area contributed by atoms with Crippen LogP contribution in [0.25, 0.3) is 0 Å². The zero-order valence-electron chi connectivity index (χ0n) is 7.53. The minimum atomic E-state index is -0.461. The summed E-state index contributed by atoms with van der Waals surface area (Å²) in [7, 11) is 1.77. The monoisotopic (exact) mass is 185 g/mol. The van der Waals surface area contributed by atoms with Crippen molar-refractivity contribution in [1.29, 1.82) is 0 Å². The molecule has 6 nitrogen and oxygen atoms in total. The zero-order valence-corrected chi connectivity index (χ0v) is 7.53. The highest BCUT2D eigenvalue weighted by molar-refractivity contribution is 5.37. The molecule has 0 aliphatic heterocycles. The number of rotatable bonds is 4. The van der Waals surface area contributed by atoms with E-state index in [2.05, 4.69) is 10.5 Å². The molecule has 0 aromatic carbocycles. The van der Waals surface area contributed by atoms with Crippen LogP contribution in [0.3, 0.4) is 0 Å². The molecule has 0 saturated carbocycles. The maximum Gasteiger partial charge on any atom is 0.334 e. The van der Waals surface area contributed by atoms with Crippen LogP contribution in [0, 0.1) is 17.0 Å². The maximum atomic E-state index is 10.6. The van der Waals surface area contributed by atoms with Gasteiger partial charge in [0.05, 0.1) is 4.92 Å². The minimum Gasteiger partial charge on any atom is -0.354 e. The van der Waals surface area contributed by atoms with Gasteiger partial charge in [0, 0.05) is 13.0 Å². The highest BCUT2D eigenvalue weighted by atomic mass is 16.6. The van der Waals surface area contributed by atoms with Crippen molar-refractivity contribution < 1.29 is 9.45 Å². The van der Waals surface area contributed by atoms with Gasteiger partial charge in [-0.25, -0.2) is 0 Å². The molecule has 0 atom stereocenters. The van der Waals surface area contributed by atoms with Crippen molar-refractivity contribution in [3.05, 3.63) is 21.6 Å². The first-order valence-corrected chi connectivity index (χ1v) is 3.91. The third-order valence-corrected chi connectivity index (χ3v) is 1.68. The fourth-order valence-corrected chi connectivity index (χ4v) is 1.05. The third-order valence-electron chi connectivity index (χ3n) is 1.68. The van der Waals surface area contributed by atoms with E-state index < -0.39 is 4.92 Å². The second-order valence-electron chi connectivity index (χ2n) is 2.65. The van der Waals surface area contributed by atoms with Crippen molar-refractivity contribution in [1.82, 2.24) is 10.5 Å². The highest BCUT2D eigenvalue weighted by Gasteiger charge is 2.22. The standard InChI is InChI=1S/C7H11N3O3/c1-5-7(10(11)12)6(13-9-5)3-4-8-2/h8H,3-4H2,1-2H3. The van der Waals surface area contributed by atoms with Crippen LogP contribution < -0.4 is 5.32 Å². The van der Waals surface area contributed by atoms with Gasteiger partial charge in [-0.15, -0.1) is 0 Å². The van der Waals surface area contributed by atoms with Gasteiger partial charge in [-0.3, -0.25) is 10.1 Å². The van der Waals surface area contributed by atoms with E-state index in [1.807, 2.05) is 0 Å². The largest absolute Gasteiger partial charge is 0.354 e. The van der Waals surface area contributed by atoms with E-state index in [0.29, 0.717) is 24.4 Å². The molecule has 0 fully saturated rings. The molecule has 1 heterocycles. The van der Waals surface area contributed by atoms with Crippen molar-refractivity contribution in [2.24, 2.45) is 0 Å². The Morgan fingerprint density at radius 1 is 1.69 bits per heavy atom. The minimum absolute atomic E-state index is 0.00440. The van der Waals surface area contributed by atoms with Gasteiger partial charge in [-0.1, -0.05) is 5.16 Å². The van der Waals surface area contributed by atoms with Crippen LogP contribution in [-0.2, 0) is 6.42 Å². The van der Waals surface area contributed by atoms with Crippen molar-refractivity contribution in [2.45, 2.75) is 13.3 Å². The molecule has 6 heteroatoms. The fourth-order valence-electron chi connectivity index (χ4n) is 1.05. The highest BCUT2D eigenvalue weighted by Crippen LogP contribution is 2.22. The molecule has 1 aromatic heterocycles. The lowest BCUT2D eigenvalue weighted by molar-refractivity contribution is -0.386. The lowest BCUT2D eigenvalue weighted by Crippen LogP contribution is -2.10. The number of hydrogen-bond donors (Lipinski definition) is 1. The maximum absolute atomic E-state index is 10.6. The number of likely N-dealkylation sites (N-methyl/N-ethyl adjacent to an activating group) is 1. The smallest absolute Gasteiger partial charge is 0.334 e. The fraction of sp³-hybridized carbons (Fsp3) is 0.571. The van der Waals surface area contributed by atoms with Gasteiger partial charge < -0.3 is 9.84 Å². The summed E-state index contributed by atoms with van der Waals surface area (Å²) in [6.45, 7) is 2.19. The van der Waals surface area contributed by atoms with Crippen LogP contribution in [0.1, 0.15) is 11.5 Å². The molecule has 0 spiro atoms. The van der Waals surface area contributed by atoms with Crippen LogP contribution in [0.5, 0.6) is 0 Å². The first kappa shape index (κ1) is 9.66. The molecule has 0 bridgehead atoms. The van der Waals surface area contributed by atoms with Crippen molar-refractivity contribution in [3.63, 3.8) is 0 Å². The molecule has 1 aromatic rings. The number of aromatic nitrogens is 1. The normalized spacial score (nSPS) is 10.3. The van der Waals surface area contributed by atoms with E-state index in [9.17, 15) is 10.1 Å². The van der Waals surface area contributed by atoms with Gasteiger partial charge in [0.25, 0.3) is 0 Å². The molecule has 1 rings (SSSR count). The number of nitro groups is 1. The average Bonchev–Trinajstić information content (AvgIpc) is 2.43. The summed E-state index contributed by atoms with van der Waals surface area (Å²) in [5.41, 5.74) is 0.325. The Labute approximate surface area is 75.1 Å². The van der Waals surface area contributed by atoms with Gasteiger partial charge >= 0.3 is 5.69 Å². The average molecular weight is 185 g/mol. The molecule has 1 N–H and O–H groups in total. The van der Waals surface area contributed by atoms with E-state index >= 15 is 0 Å². The van der Waals surface area contributed by atoms with Crippen LogP contribution in [0.15, 0.2) is 4.52 Å². The van der Waals surface area contributed by atoms with Gasteiger partial charge in [0.15, 0.2) is 5.69 Å². The van der Waals surface area contributed by atoms with Crippen LogP contribution in [-0.4, -0.2) is 23.7 Å². The quantitative estimate of drug-likeness (QED) is 0.550. The second kappa shape index (κ2) is 3.99. The molecule has 0 radical (unpaired) electrons. The Kier molecular flexibility index (Phi) is 2.97. The Morgan fingerprint density at radius 3 is 2.92 bits per heavy atom. The van der Waals surface area contributed by atoms with Crippen LogP contribution in [0.2, 0.25) is 0 Å². The van der Waals surface area contributed by atoms with Crippen molar-refractivity contribution >= 4 is 5.69 Å². The number of nitrogens with one attached hydrogen (secondary N) is 1. The lowest BCUT2D eigenvalue weighted by atomic mass is 10.2. The molecule has 72 valence electrons. The SMILES string of the molecule is CNCCc1onc(C)c1[N+](=O)[O-]. The van der Waals surface area contributed by atoms with Crippen molar-refractivity contribution in [3.8, 4) is 0 Å². The summed E-state index contributed by atoms with van der Waals surface area (Å²) in [4.78, 5) is 10.1. The van der Waals surface area contributed by atoms with Gasteiger partial charge in [0.2, 0.25) is 5.76 Å². The van der Waals surface area contributed by atoms with E-state index in [0.717, 1.165) is 0 Å². The third kappa shape index (κ3) is 2.03. The molecule has 0 amide bonds. The molecular formula is C7H11N3O3. The molecular weight excluding hydrogens is 174 g/mol.